The van der Waals surface area contributed by atoms with Gasteiger partial charge in [0.15, 0.2) is 0 Å². The van der Waals surface area contributed by atoms with Gasteiger partial charge in [0.1, 0.15) is 22.5 Å². The molecular formula is C19H19ClN2O3. The van der Waals surface area contributed by atoms with E-state index in [1.165, 1.54) is 0 Å². The zero-order valence-corrected chi connectivity index (χ0v) is 14.7. The highest BCUT2D eigenvalue weighted by atomic mass is 35.5. The first kappa shape index (κ1) is 17.3. The molecule has 6 heteroatoms. The van der Waals surface area contributed by atoms with Gasteiger partial charge in [-0.25, -0.2) is 4.98 Å². The highest BCUT2D eigenvalue weighted by Crippen LogP contribution is 2.28. The molecule has 1 heterocycles. The summed E-state index contributed by atoms with van der Waals surface area (Å²) in [6.45, 7) is 0.276. The van der Waals surface area contributed by atoms with Crippen LogP contribution < -0.4 is 14.8 Å². The molecule has 25 heavy (non-hydrogen) atoms. The van der Waals surface area contributed by atoms with Crippen molar-refractivity contribution >= 4 is 28.2 Å². The summed E-state index contributed by atoms with van der Waals surface area (Å²) in [5.74, 6) is 1.86. The van der Waals surface area contributed by atoms with Gasteiger partial charge in [-0.15, -0.1) is 0 Å². The van der Waals surface area contributed by atoms with Crippen LogP contribution in [-0.4, -0.2) is 30.9 Å². The predicted octanol–water partition coefficient (Wildman–Crippen LogP) is 4.05. The molecule has 1 atom stereocenters. The van der Waals surface area contributed by atoms with Crippen molar-refractivity contribution in [2.75, 3.05) is 26.1 Å². The monoisotopic (exact) mass is 358 g/mol. The lowest BCUT2D eigenvalue weighted by Gasteiger charge is -2.15. The summed E-state index contributed by atoms with van der Waals surface area (Å²) in [5, 5.41) is 15.9. The average molecular weight is 359 g/mol. The number of pyridine rings is 1. The van der Waals surface area contributed by atoms with Gasteiger partial charge >= 0.3 is 0 Å². The summed E-state index contributed by atoms with van der Waals surface area (Å²) in [7, 11) is 3.15. The Morgan fingerprint density at radius 3 is 2.44 bits per heavy atom. The fraction of sp³-hybridized carbons (Fsp3) is 0.211. The lowest BCUT2D eigenvalue weighted by atomic mass is 10.1. The summed E-state index contributed by atoms with van der Waals surface area (Å²) in [5.41, 5.74) is 0.690. The number of rotatable bonds is 6. The van der Waals surface area contributed by atoms with Gasteiger partial charge in [-0.1, -0.05) is 35.9 Å². The summed E-state index contributed by atoms with van der Waals surface area (Å²) in [6.07, 6.45) is -0.754. The molecule has 0 fully saturated rings. The van der Waals surface area contributed by atoms with Crippen LogP contribution in [0.3, 0.4) is 0 Å². The van der Waals surface area contributed by atoms with Crippen molar-refractivity contribution in [3.05, 3.63) is 59.2 Å². The maximum Gasteiger partial charge on any atom is 0.139 e. The second kappa shape index (κ2) is 7.59. The van der Waals surface area contributed by atoms with E-state index >= 15 is 0 Å². The highest BCUT2D eigenvalue weighted by Gasteiger charge is 2.12. The fourth-order valence-corrected chi connectivity index (χ4v) is 2.85. The van der Waals surface area contributed by atoms with Crippen LogP contribution in [0.15, 0.2) is 48.5 Å². The normalized spacial score (nSPS) is 12.0. The molecule has 5 nitrogen and oxygen atoms in total. The molecule has 1 unspecified atom stereocenters. The minimum Gasteiger partial charge on any atom is -0.497 e. The van der Waals surface area contributed by atoms with Gasteiger partial charge in [-0.2, -0.15) is 0 Å². The maximum absolute atomic E-state index is 10.5. The number of benzene rings is 2. The van der Waals surface area contributed by atoms with Gasteiger partial charge in [0.05, 0.1) is 20.3 Å². The van der Waals surface area contributed by atoms with Gasteiger partial charge in [-0.3, -0.25) is 0 Å². The number of aliphatic hydroxyl groups is 1. The van der Waals surface area contributed by atoms with E-state index in [0.29, 0.717) is 28.0 Å². The number of nitrogens with one attached hydrogen (secondary N) is 1. The molecule has 0 bridgehead atoms. The summed E-state index contributed by atoms with van der Waals surface area (Å²) < 4.78 is 10.5. The molecule has 3 aromatic rings. The van der Waals surface area contributed by atoms with Crippen LogP contribution >= 0.6 is 11.6 Å². The van der Waals surface area contributed by atoms with E-state index in [2.05, 4.69) is 10.3 Å². The van der Waals surface area contributed by atoms with Crippen molar-refractivity contribution in [2.45, 2.75) is 6.10 Å². The standard InChI is InChI=1S/C19H19ClN2O3/c1-24-14-7-13(8-15(10-14)25-2)17(23)11-21-18-9-12-5-3-4-6-16(12)19(20)22-18/h3-10,17,23H,11H2,1-2H3,(H,21,22). The van der Waals surface area contributed by atoms with Gasteiger partial charge < -0.3 is 19.9 Å². The van der Waals surface area contributed by atoms with E-state index in [9.17, 15) is 5.11 Å². The van der Waals surface area contributed by atoms with E-state index in [1.54, 1.807) is 32.4 Å². The molecule has 2 aromatic carbocycles. The molecule has 2 N–H and O–H groups in total. The Morgan fingerprint density at radius 2 is 1.76 bits per heavy atom. The van der Waals surface area contributed by atoms with E-state index < -0.39 is 6.10 Å². The smallest absolute Gasteiger partial charge is 0.139 e. The topological polar surface area (TPSA) is 63.6 Å². The fourth-order valence-electron chi connectivity index (χ4n) is 2.59. The molecule has 0 radical (unpaired) electrons. The molecule has 0 spiro atoms. The van der Waals surface area contributed by atoms with Crippen LogP contribution in [0.5, 0.6) is 11.5 Å². The van der Waals surface area contributed by atoms with Crippen LogP contribution in [-0.2, 0) is 0 Å². The van der Waals surface area contributed by atoms with Gasteiger partial charge in [0, 0.05) is 18.0 Å². The number of halogens is 1. The zero-order chi connectivity index (χ0) is 17.8. The number of nitrogens with zero attached hydrogens (tertiary/aromatic N) is 1. The first-order chi connectivity index (χ1) is 12.1. The van der Waals surface area contributed by atoms with Crippen LogP contribution in [0.1, 0.15) is 11.7 Å². The Kier molecular flexibility index (Phi) is 5.26. The highest BCUT2D eigenvalue weighted by molar-refractivity contribution is 6.34. The van der Waals surface area contributed by atoms with Crippen molar-refractivity contribution in [3.8, 4) is 11.5 Å². The number of ether oxygens (including phenoxy) is 2. The van der Waals surface area contributed by atoms with Crippen molar-refractivity contribution in [3.63, 3.8) is 0 Å². The van der Waals surface area contributed by atoms with Crippen molar-refractivity contribution in [2.24, 2.45) is 0 Å². The van der Waals surface area contributed by atoms with Crippen LogP contribution in [0, 0.1) is 0 Å². The lowest BCUT2D eigenvalue weighted by molar-refractivity contribution is 0.190. The van der Waals surface area contributed by atoms with Gasteiger partial charge in [0.2, 0.25) is 0 Å². The molecule has 0 saturated heterocycles. The largest absolute Gasteiger partial charge is 0.497 e. The molecule has 0 aliphatic carbocycles. The number of hydrogen-bond acceptors (Lipinski definition) is 5. The number of aromatic nitrogens is 1. The number of fused-ring (bicyclic) bond motifs is 1. The quantitative estimate of drug-likeness (QED) is 0.651. The Morgan fingerprint density at radius 1 is 1.08 bits per heavy atom. The number of hydrogen-bond donors (Lipinski definition) is 2. The Hall–Kier alpha value is -2.50. The minimum absolute atomic E-state index is 0.276. The molecule has 0 aliphatic rings. The maximum atomic E-state index is 10.5. The SMILES string of the molecule is COc1cc(OC)cc(C(O)CNc2cc3ccccc3c(Cl)n2)c1. The molecule has 1 aromatic heterocycles. The van der Waals surface area contributed by atoms with E-state index in [-0.39, 0.29) is 6.54 Å². The lowest BCUT2D eigenvalue weighted by Crippen LogP contribution is -2.13. The van der Waals surface area contributed by atoms with Crippen molar-refractivity contribution in [1.29, 1.82) is 0 Å². The van der Waals surface area contributed by atoms with E-state index in [4.69, 9.17) is 21.1 Å². The molecule has 0 saturated carbocycles. The number of anilines is 1. The predicted molar refractivity (Wildman–Crippen MR) is 99.7 cm³/mol. The third-order valence-corrected chi connectivity index (χ3v) is 4.22. The summed E-state index contributed by atoms with van der Waals surface area (Å²) in [6, 6.07) is 15.0. The van der Waals surface area contributed by atoms with Crippen LogP contribution in [0.2, 0.25) is 5.15 Å². The zero-order valence-electron chi connectivity index (χ0n) is 14.0. The van der Waals surface area contributed by atoms with E-state index in [0.717, 1.165) is 10.8 Å². The second-order valence-electron chi connectivity index (χ2n) is 5.56. The summed E-state index contributed by atoms with van der Waals surface area (Å²) in [4.78, 5) is 4.33. The first-order valence-corrected chi connectivity index (χ1v) is 8.18. The first-order valence-electron chi connectivity index (χ1n) is 7.81. The summed E-state index contributed by atoms with van der Waals surface area (Å²) >= 11 is 6.23. The Labute approximate surface area is 151 Å². The number of aliphatic hydroxyl groups excluding tert-OH is 1. The van der Waals surface area contributed by atoms with Crippen LogP contribution in [0.25, 0.3) is 10.8 Å². The number of methoxy groups -OCH3 is 2. The molecular weight excluding hydrogens is 340 g/mol. The molecule has 130 valence electrons. The Bertz CT molecular complexity index is 863. The molecule has 0 amide bonds. The van der Waals surface area contributed by atoms with E-state index in [1.807, 2.05) is 30.3 Å². The minimum atomic E-state index is -0.754. The van der Waals surface area contributed by atoms with Gasteiger partial charge in [0.25, 0.3) is 0 Å². The van der Waals surface area contributed by atoms with Gasteiger partial charge in [-0.05, 0) is 29.1 Å². The third kappa shape index (κ3) is 3.95. The van der Waals surface area contributed by atoms with Crippen molar-refractivity contribution in [1.82, 2.24) is 4.98 Å². The van der Waals surface area contributed by atoms with Crippen molar-refractivity contribution < 1.29 is 14.6 Å². The third-order valence-electron chi connectivity index (χ3n) is 3.93. The molecule has 0 aliphatic heterocycles. The Balaban J connectivity index is 1.77. The average Bonchev–Trinajstić information content (AvgIpc) is 2.65. The van der Waals surface area contributed by atoms with Crippen LogP contribution in [0.4, 0.5) is 5.82 Å². The molecule has 3 rings (SSSR count). The second-order valence-corrected chi connectivity index (χ2v) is 5.92.